The first kappa shape index (κ1) is 16.7. The third-order valence-electron chi connectivity index (χ3n) is 3.54. The minimum atomic E-state index is -0.152. The number of rotatable bonds is 7. The second kappa shape index (κ2) is 8.69. The molecule has 0 radical (unpaired) electrons. The van der Waals surface area contributed by atoms with Crippen LogP contribution in [0.1, 0.15) is 29.3 Å². The number of amides is 1. The van der Waals surface area contributed by atoms with E-state index in [9.17, 15) is 9.59 Å². The third-order valence-corrected chi connectivity index (χ3v) is 3.54. The Morgan fingerprint density at radius 3 is 2.17 bits per heavy atom. The minimum absolute atomic E-state index is 0.103. The lowest BCUT2D eigenvalue weighted by atomic mass is 10.1. The summed E-state index contributed by atoms with van der Waals surface area (Å²) in [6.07, 6.45) is 3.73. The van der Waals surface area contributed by atoms with Gasteiger partial charge in [-0.05, 0) is 12.5 Å². The van der Waals surface area contributed by atoms with Gasteiger partial charge in [-0.25, -0.2) is 0 Å². The molecule has 0 bridgehead atoms. The molecule has 23 heavy (non-hydrogen) atoms. The quantitative estimate of drug-likeness (QED) is 0.442. The van der Waals surface area contributed by atoms with E-state index in [1.165, 1.54) is 0 Å². The van der Waals surface area contributed by atoms with Gasteiger partial charge in [0.05, 0.1) is 6.42 Å². The van der Waals surface area contributed by atoms with Crippen molar-refractivity contribution >= 4 is 11.7 Å². The Kier molecular flexibility index (Phi) is 6.30. The largest absolute Gasteiger partial charge is 0.334 e. The molecule has 0 aliphatic rings. The second-order valence-corrected chi connectivity index (χ2v) is 5.29. The van der Waals surface area contributed by atoms with Crippen LogP contribution in [0.4, 0.5) is 0 Å². The van der Waals surface area contributed by atoms with E-state index >= 15 is 0 Å². The van der Waals surface area contributed by atoms with Gasteiger partial charge >= 0.3 is 0 Å². The summed E-state index contributed by atoms with van der Waals surface area (Å²) >= 11 is 0. The Morgan fingerprint density at radius 1 is 0.957 bits per heavy atom. The molecule has 2 aromatic carbocycles. The van der Waals surface area contributed by atoms with E-state index in [4.69, 9.17) is 0 Å². The number of carbonyl (C=O) groups excluding carboxylic acids is 2. The summed E-state index contributed by atoms with van der Waals surface area (Å²) in [6.45, 7) is 2.93. The summed E-state index contributed by atoms with van der Waals surface area (Å²) < 4.78 is 0. The second-order valence-electron chi connectivity index (χ2n) is 5.29. The van der Waals surface area contributed by atoms with Crippen molar-refractivity contribution in [2.75, 3.05) is 6.54 Å². The van der Waals surface area contributed by atoms with Crippen molar-refractivity contribution < 1.29 is 9.59 Å². The van der Waals surface area contributed by atoms with Crippen LogP contribution in [0, 0.1) is 0 Å². The molecule has 0 N–H and O–H groups in total. The Morgan fingerprint density at radius 2 is 1.57 bits per heavy atom. The zero-order valence-corrected chi connectivity index (χ0v) is 13.3. The zero-order chi connectivity index (χ0) is 16.5. The van der Waals surface area contributed by atoms with Gasteiger partial charge in [0.2, 0.25) is 5.91 Å². The fourth-order valence-electron chi connectivity index (χ4n) is 2.27. The Balaban J connectivity index is 2.05. The van der Waals surface area contributed by atoms with E-state index in [0.717, 1.165) is 5.56 Å². The summed E-state index contributed by atoms with van der Waals surface area (Å²) in [5, 5.41) is 0. The van der Waals surface area contributed by atoms with Gasteiger partial charge < -0.3 is 4.90 Å². The summed E-state index contributed by atoms with van der Waals surface area (Å²) in [7, 11) is 0. The fraction of sp³-hybridized carbons (Fsp3) is 0.200. The Hall–Kier alpha value is -2.68. The Labute approximate surface area is 137 Å². The summed E-state index contributed by atoms with van der Waals surface area (Å²) in [4.78, 5) is 26.4. The van der Waals surface area contributed by atoms with Crippen molar-refractivity contribution in [2.45, 2.75) is 19.9 Å². The van der Waals surface area contributed by atoms with Crippen LogP contribution in [0.3, 0.4) is 0 Å². The van der Waals surface area contributed by atoms with Crippen molar-refractivity contribution in [3.8, 4) is 0 Å². The number of benzene rings is 2. The van der Waals surface area contributed by atoms with Gasteiger partial charge in [0.1, 0.15) is 0 Å². The molecule has 0 atom stereocenters. The van der Waals surface area contributed by atoms with Gasteiger partial charge in [0.25, 0.3) is 0 Å². The average Bonchev–Trinajstić information content (AvgIpc) is 2.60. The van der Waals surface area contributed by atoms with Crippen LogP contribution in [-0.4, -0.2) is 23.1 Å². The molecule has 3 nitrogen and oxygen atoms in total. The van der Waals surface area contributed by atoms with Crippen LogP contribution in [-0.2, 0) is 11.3 Å². The minimum Gasteiger partial charge on any atom is -0.334 e. The highest BCUT2D eigenvalue weighted by atomic mass is 16.2. The Bertz CT molecular complexity index is 663. The van der Waals surface area contributed by atoms with E-state index < -0.39 is 0 Å². The highest BCUT2D eigenvalue weighted by molar-refractivity contribution is 6.07. The van der Waals surface area contributed by atoms with Crippen LogP contribution in [0.25, 0.3) is 0 Å². The van der Waals surface area contributed by atoms with Crippen LogP contribution in [0.15, 0.2) is 72.8 Å². The first-order valence-corrected chi connectivity index (χ1v) is 7.72. The molecule has 2 rings (SSSR count). The number of hydrogen-bond donors (Lipinski definition) is 0. The molecule has 0 fully saturated rings. The molecule has 0 saturated carbocycles. The smallest absolute Gasteiger partial charge is 0.230 e. The molecule has 0 aliphatic heterocycles. The van der Waals surface area contributed by atoms with Crippen LogP contribution in [0.5, 0.6) is 0 Å². The zero-order valence-electron chi connectivity index (χ0n) is 13.3. The monoisotopic (exact) mass is 307 g/mol. The predicted molar refractivity (Wildman–Crippen MR) is 92.1 cm³/mol. The van der Waals surface area contributed by atoms with Crippen molar-refractivity contribution in [2.24, 2.45) is 0 Å². The van der Waals surface area contributed by atoms with E-state index in [2.05, 4.69) is 0 Å². The SMILES string of the molecule is C/C=C/CN(Cc1ccccc1)C(=O)CC(=O)c1ccccc1. The molecular formula is C20H21NO2. The number of allylic oxidation sites excluding steroid dienone is 1. The van der Waals surface area contributed by atoms with Crippen molar-refractivity contribution in [1.82, 2.24) is 4.90 Å². The van der Waals surface area contributed by atoms with E-state index in [1.807, 2.05) is 55.5 Å². The van der Waals surface area contributed by atoms with Crippen LogP contribution in [0.2, 0.25) is 0 Å². The topological polar surface area (TPSA) is 37.4 Å². The molecule has 0 aromatic heterocycles. The molecule has 2 aromatic rings. The van der Waals surface area contributed by atoms with Crippen LogP contribution >= 0.6 is 0 Å². The maximum absolute atomic E-state index is 12.5. The lowest BCUT2D eigenvalue weighted by molar-refractivity contribution is -0.130. The normalized spacial score (nSPS) is 10.7. The van der Waals surface area contributed by atoms with Crippen molar-refractivity contribution in [3.63, 3.8) is 0 Å². The van der Waals surface area contributed by atoms with Gasteiger partial charge in [-0.2, -0.15) is 0 Å². The van der Waals surface area contributed by atoms with Gasteiger partial charge in [0, 0.05) is 18.7 Å². The third kappa shape index (κ3) is 5.22. The first-order valence-electron chi connectivity index (χ1n) is 7.72. The lowest BCUT2D eigenvalue weighted by Crippen LogP contribution is -2.32. The van der Waals surface area contributed by atoms with E-state index in [0.29, 0.717) is 18.7 Å². The van der Waals surface area contributed by atoms with Gasteiger partial charge in [0.15, 0.2) is 5.78 Å². The summed E-state index contributed by atoms with van der Waals surface area (Å²) in [5.74, 6) is -0.296. The maximum Gasteiger partial charge on any atom is 0.230 e. The number of Topliss-reactive ketones (excluding diaryl/α,β-unsaturated/α-hetero) is 1. The number of ketones is 1. The first-order chi connectivity index (χ1) is 11.2. The van der Waals surface area contributed by atoms with Crippen molar-refractivity contribution in [3.05, 3.63) is 83.9 Å². The summed E-state index contributed by atoms with van der Waals surface area (Å²) in [5.41, 5.74) is 1.63. The number of nitrogens with zero attached hydrogens (tertiary/aromatic N) is 1. The number of carbonyl (C=O) groups is 2. The highest BCUT2D eigenvalue weighted by Crippen LogP contribution is 2.09. The lowest BCUT2D eigenvalue weighted by Gasteiger charge is -2.21. The molecular weight excluding hydrogens is 286 g/mol. The molecule has 0 unspecified atom stereocenters. The highest BCUT2D eigenvalue weighted by Gasteiger charge is 2.17. The molecule has 0 aliphatic carbocycles. The average molecular weight is 307 g/mol. The standard InChI is InChI=1S/C20H21NO2/c1-2-3-14-21(16-17-10-6-4-7-11-17)20(23)15-19(22)18-12-8-5-9-13-18/h2-13H,14-16H2,1H3/b3-2+. The van der Waals surface area contributed by atoms with Gasteiger partial charge in [-0.15, -0.1) is 0 Å². The molecule has 0 saturated heterocycles. The summed E-state index contributed by atoms with van der Waals surface area (Å²) in [6, 6.07) is 18.7. The molecule has 3 heteroatoms. The van der Waals surface area contributed by atoms with E-state index in [1.54, 1.807) is 29.2 Å². The van der Waals surface area contributed by atoms with Crippen molar-refractivity contribution in [1.29, 1.82) is 0 Å². The van der Waals surface area contributed by atoms with Crippen LogP contribution < -0.4 is 0 Å². The van der Waals surface area contributed by atoms with E-state index in [-0.39, 0.29) is 18.1 Å². The fourth-order valence-corrected chi connectivity index (χ4v) is 2.27. The molecule has 1 amide bonds. The van der Waals surface area contributed by atoms with Gasteiger partial charge in [-0.1, -0.05) is 72.8 Å². The molecule has 0 spiro atoms. The van der Waals surface area contributed by atoms with Gasteiger partial charge in [-0.3, -0.25) is 9.59 Å². The predicted octanol–water partition coefficient (Wildman–Crippen LogP) is 3.86. The maximum atomic E-state index is 12.5. The molecule has 118 valence electrons. The molecule has 0 heterocycles. The number of hydrogen-bond acceptors (Lipinski definition) is 2.